The smallest absolute Gasteiger partial charge is 0.312 e. The number of halogens is 3. The van der Waals surface area contributed by atoms with Crippen LogP contribution in [0, 0.1) is 0 Å². The van der Waals surface area contributed by atoms with Crippen LogP contribution in [0.25, 0.3) is 0 Å². The van der Waals surface area contributed by atoms with Crippen molar-refractivity contribution in [2.24, 2.45) is 5.73 Å². The van der Waals surface area contributed by atoms with Crippen molar-refractivity contribution >= 4 is 58.4 Å². The van der Waals surface area contributed by atoms with Gasteiger partial charge < -0.3 is 21.1 Å². The second-order valence-electron chi connectivity index (χ2n) is 5.62. The fraction of sp³-hybridized carbons (Fsp3) is 0.167. The third-order valence-electron chi connectivity index (χ3n) is 3.53. The maximum atomic E-state index is 12.1. The molecule has 1 unspecified atom stereocenters. The monoisotopic (exact) mass is 443 g/mol. The lowest BCUT2D eigenvalue weighted by atomic mass is 10.0. The van der Waals surface area contributed by atoms with Gasteiger partial charge in [0.1, 0.15) is 0 Å². The summed E-state index contributed by atoms with van der Waals surface area (Å²) >= 11 is 17.9. The first-order valence-corrected chi connectivity index (χ1v) is 9.10. The molecule has 4 N–H and O–H groups in total. The van der Waals surface area contributed by atoms with Gasteiger partial charge in [0.15, 0.2) is 6.61 Å². The number of benzene rings is 2. The molecule has 0 aliphatic rings. The maximum Gasteiger partial charge on any atom is 0.312 e. The van der Waals surface area contributed by atoms with Crippen molar-refractivity contribution in [2.75, 3.05) is 11.9 Å². The molecule has 0 spiro atoms. The second-order valence-corrected chi connectivity index (χ2v) is 6.87. The number of carbonyl (C=O) groups excluding carboxylic acids is 3. The second kappa shape index (κ2) is 10.2. The molecule has 2 aromatic rings. The Morgan fingerprint density at radius 3 is 2.43 bits per heavy atom. The standard InChI is InChI=1S/C18H16Cl3N3O4/c19-10-5-6-13(21)15(7-10)23-16(25)9-28-17(26)8-14(24-18(22)27)11-3-1-2-4-12(11)20/h1-7,14H,8-9H2,(H,23,25)(H3,22,24,27). The molecule has 0 heterocycles. The minimum absolute atomic E-state index is 0.266. The van der Waals surface area contributed by atoms with Gasteiger partial charge >= 0.3 is 12.0 Å². The van der Waals surface area contributed by atoms with Crippen molar-refractivity contribution in [3.63, 3.8) is 0 Å². The van der Waals surface area contributed by atoms with Crippen LogP contribution in [0.1, 0.15) is 18.0 Å². The van der Waals surface area contributed by atoms with Crippen molar-refractivity contribution in [3.05, 3.63) is 63.1 Å². The molecule has 1 atom stereocenters. The molecule has 0 saturated heterocycles. The molecule has 7 nitrogen and oxygen atoms in total. The van der Waals surface area contributed by atoms with Crippen LogP contribution >= 0.6 is 34.8 Å². The van der Waals surface area contributed by atoms with E-state index < -0.39 is 30.6 Å². The quantitative estimate of drug-likeness (QED) is 0.562. The molecule has 0 aromatic heterocycles. The van der Waals surface area contributed by atoms with Gasteiger partial charge in [-0.3, -0.25) is 9.59 Å². The molecule has 0 fully saturated rings. The number of anilines is 1. The van der Waals surface area contributed by atoms with Crippen LogP contribution in [0.2, 0.25) is 15.1 Å². The summed E-state index contributed by atoms with van der Waals surface area (Å²) in [6.07, 6.45) is -0.266. The Balaban J connectivity index is 1.95. The number of urea groups is 1. The van der Waals surface area contributed by atoms with Crippen LogP contribution in [0.3, 0.4) is 0 Å². The van der Waals surface area contributed by atoms with Gasteiger partial charge in [-0.05, 0) is 29.8 Å². The lowest BCUT2D eigenvalue weighted by Gasteiger charge is -2.18. The Morgan fingerprint density at radius 2 is 1.75 bits per heavy atom. The zero-order chi connectivity index (χ0) is 20.7. The molecular formula is C18H16Cl3N3O4. The Hall–Kier alpha value is -2.48. The highest BCUT2D eigenvalue weighted by molar-refractivity contribution is 6.35. The average Bonchev–Trinajstić information content (AvgIpc) is 2.62. The van der Waals surface area contributed by atoms with E-state index in [4.69, 9.17) is 45.3 Å². The number of nitrogens with two attached hydrogens (primary N) is 1. The van der Waals surface area contributed by atoms with Crippen LogP contribution in [0.4, 0.5) is 10.5 Å². The van der Waals surface area contributed by atoms with E-state index in [-0.39, 0.29) is 11.4 Å². The molecule has 0 radical (unpaired) electrons. The Bertz CT molecular complexity index is 892. The molecule has 0 aliphatic heterocycles. The number of primary amides is 1. The van der Waals surface area contributed by atoms with Gasteiger partial charge in [-0.15, -0.1) is 0 Å². The highest BCUT2D eigenvalue weighted by Gasteiger charge is 2.21. The van der Waals surface area contributed by atoms with Crippen molar-refractivity contribution in [1.29, 1.82) is 0 Å². The SMILES string of the molecule is NC(=O)NC(CC(=O)OCC(=O)Nc1cc(Cl)ccc1Cl)c1ccccc1Cl. The summed E-state index contributed by atoms with van der Waals surface area (Å²) in [4.78, 5) is 35.3. The highest BCUT2D eigenvalue weighted by atomic mass is 35.5. The number of rotatable bonds is 7. The first-order valence-electron chi connectivity index (χ1n) is 7.97. The molecule has 0 aliphatic carbocycles. The molecule has 0 bridgehead atoms. The lowest BCUT2D eigenvalue weighted by Crippen LogP contribution is -2.35. The van der Waals surface area contributed by atoms with Crippen LogP contribution in [0.5, 0.6) is 0 Å². The molecular weight excluding hydrogens is 429 g/mol. The lowest BCUT2D eigenvalue weighted by molar-refractivity contribution is -0.147. The molecule has 10 heteroatoms. The Kier molecular flexibility index (Phi) is 7.92. The van der Waals surface area contributed by atoms with E-state index in [1.807, 2.05) is 0 Å². The predicted molar refractivity (Wildman–Crippen MR) is 108 cm³/mol. The van der Waals surface area contributed by atoms with Crippen molar-refractivity contribution in [1.82, 2.24) is 5.32 Å². The van der Waals surface area contributed by atoms with Gasteiger partial charge in [-0.2, -0.15) is 0 Å². The Labute approximate surface area is 176 Å². The number of ether oxygens (including phenoxy) is 1. The van der Waals surface area contributed by atoms with Gasteiger partial charge in [0.25, 0.3) is 5.91 Å². The minimum atomic E-state index is -0.828. The van der Waals surface area contributed by atoms with E-state index in [0.717, 1.165) is 0 Å². The van der Waals surface area contributed by atoms with E-state index in [0.29, 0.717) is 21.3 Å². The normalized spacial score (nSPS) is 11.4. The maximum absolute atomic E-state index is 12.1. The number of nitrogens with one attached hydrogen (secondary N) is 2. The molecule has 2 rings (SSSR count). The number of hydrogen-bond acceptors (Lipinski definition) is 4. The fourth-order valence-electron chi connectivity index (χ4n) is 2.32. The third kappa shape index (κ3) is 6.60. The molecule has 3 amide bonds. The number of esters is 1. The number of amides is 3. The largest absolute Gasteiger partial charge is 0.455 e. The molecule has 0 saturated carbocycles. The van der Waals surface area contributed by atoms with Gasteiger partial charge in [0.2, 0.25) is 0 Å². The van der Waals surface area contributed by atoms with Gasteiger partial charge in [0, 0.05) is 10.0 Å². The molecule has 28 heavy (non-hydrogen) atoms. The van der Waals surface area contributed by atoms with Gasteiger partial charge in [0.05, 0.1) is 23.2 Å². The van der Waals surface area contributed by atoms with Crippen LogP contribution in [-0.4, -0.2) is 24.5 Å². The first kappa shape index (κ1) is 21.8. The summed E-state index contributed by atoms with van der Waals surface area (Å²) in [6, 6.07) is 9.59. The fourth-order valence-corrected chi connectivity index (χ4v) is 2.92. The summed E-state index contributed by atoms with van der Waals surface area (Å²) in [5.74, 6) is -1.33. The number of carbonyl (C=O) groups is 3. The van der Waals surface area contributed by atoms with E-state index >= 15 is 0 Å². The first-order chi connectivity index (χ1) is 13.3. The van der Waals surface area contributed by atoms with Gasteiger partial charge in [-0.1, -0.05) is 53.0 Å². The third-order valence-corrected chi connectivity index (χ3v) is 4.44. The summed E-state index contributed by atoms with van der Waals surface area (Å²) in [6.45, 7) is -0.548. The predicted octanol–water partition coefficient (Wildman–Crippen LogP) is 3.93. The van der Waals surface area contributed by atoms with Crippen LogP contribution in [0.15, 0.2) is 42.5 Å². The number of hydrogen-bond donors (Lipinski definition) is 3. The zero-order valence-corrected chi connectivity index (χ0v) is 16.6. The highest BCUT2D eigenvalue weighted by Crippen LogP contribution is 2.26. The van der Waals surface area contributed by atoms with E-state index in [1.165, 1.54) is 12.1 Å². The molecule has 148 valence electrons. The van der Waals surface area contributed by atoms with Crippen molar-refractivity contribution < 1.29 is 19.1 Å². The zero-order valence-electron chi connectivity index (χ0n) is 14.4. The van der Waals surface area contributed by atoms with Crippen LogP contribution in [-0.2, 0) is 14.3 Å². The summed E-state index contributed by atoms with van der Waals surface area (Å²) in [5, 5.41) is 5.94. The topological polar surface area (TPSA) is 111 Å². The minimum Gasteiger partial charge on any atom is -0.455 e. The van der Waals surface area contributed by atoms with E-state index in [2.05, 4.69) is 10.6 Å². The Morgan fingerprint density at radius 1 is 1.04 bits per heavy atom. The van der Waals surface area contributed by atoms with E-state index in [9.17, 15) is 14.4 Å². The summed E-state index contributed by atoms with van der Waals surface area (Å²) < 4.78 is 4.96. The van der Waals surface area contributed by atoms with Crippen LogP contribution < -0.4 is 16.4 Å². The molecule has 2 aromatic carbocycles. The van der Waals surface area contributed by atoms with Crippen molar-refractivity contribution in [3.8, 4) is 0 Å². The average molecular weight is 445 g/mol. The summed E-state index contributed by atoms with van der Waals surface area (Å²) in [5.41, 5.74) is 5.95. The van der Waals surface area contributed by atoms with Gasteiger partial charge in [-0.25, -0.2) is 4.79 Å². The van der Waals surface area contributed by atoms with Crippen molar-refractivity contribution in [2.45, 2.75) is 12.5 Å². The van der Waals surface area contributed by atoms with E-state index in [1.54, 1.807) is 30.3 Å². The summed E-state index contributed by atoms with van der Waals surface area (Å²) in [7, 11) is 0.